The number of rotatable bonds is 9. The molecule has 4 aromatic rings. The molecule has 2 N–H and O–H groups in total. The zero-order valence-electron chi connectivity index (χ0n) is 26.4. The molecule has 3 aromatic carbocycles. The molecule has 242 valence electrons. The first kappa shape index (κ1) is 32.3. The normalized spacial score (nSPS) is 17.1. The number of fused-ring (bicyclic) bond motifs is 1. The summed E-state index contributed by atoms with van der Waals surface area (Å²) in [5, 5.41) is 6.66. The number of allylic oxidation sites excluding steroid dienone is 1. The Morgan fingerprint density at radius 3 is 2.49 bits per heavy atom. The van der Waals surface area contributed by atoms with E-state index in [0.717, 1.165) is 44.2 Å². The molecule has 1 aromatic heterocycles. The second-order valence-corrected chi connectivity index (χ2v) is 12.9. The Kier molecular flexibility index (Phi) is 9.87. The van der Waals surface area contributed by atoms with Crippen LogP contribution in [0.15, 0.2) is 93.7 Å². The van der Waals surface area contributed by atoms with E-state index in [1.807, 2.05) is 29.2 Å². The highest BCUT2D eigenvalue weighted by atomic mass is 35.5. The largest absolute Gasteiger partial charge is 0.451 e. The van der Waals surface area contributed by atoms with Crippen molar-refractivity contribution in [3.05, 3.63) is 122 Å². The molecule has 0 bridgehead atoms. The summed E-state index contributed by atoms with van der Waals surface area (Å²) in [5.41, 5.74) is 5.22. The van der Waals surface area contributed by atoms with Gasteiger partial charge in [-0.3, -0.25) is 19.2 Å². The molecule has 0 unspecified atom stereocenters. The molecule has 6 rings (SSSR count). The molecule has 3 amide bonds. The lowest BCUT2D eigenvalue weighted by Gasteiger charge is -2.28. The molecule has 0 spiro atoms. The van der Waals surface area contributed by atoms with Gasteiger partial charge < -0.3 is 20.0 Å². The molecular formula is C38H38ClN3O5. The van der Waals surface area contributed by atoms with E-state index >= 15 is 0 Å². The molecule has 47 heavy (non-hydrogen) atoms. The van der Waals surface area contributed by atoms with Crippen molar-refractivity contribution < 1.29 is 18.8 Å². The molecule has 1 saturated carbocycles. The summed E-state index contributed by atoms with van der Waals surface area (Å²) < 4.78 is 5.86. The molecule has 9 heteroatoms. The fourth-order valence-electron chi connectivity index (χ4n) is 6.72. The minimum absolute atomic E-state index is 0.0777. The van der Waals surface area contributed by atoms with E-state index in [4.69, 9.17) is 16.0 Å². The SMILES string of the molecule is CC(=O)Nc1ccc2oc(C(=O)N[C@@H](C=C3CCC(c4ccccc4CN4CCCC4=O)CC3)Cc3ccc(Cl)cc3)cc(=O)c2c1. The van der Waals surface area contributed by atoms with E-state index in [1.165, 1.54) is 29.7 Å². The molecule has 0 radical (unpaired) electrons. The molecule has 8 nitrogen and oxygen atoms in total. The van der Waals surface area contributed by atoms with Gasteiger partial charge in [0, 0.05) is 43.2 Å². The van der Waals surface area contributed by atoms with Crippen LogP contribution in [-0.2, 0) is 22.6 Å². The third-order valence-corrected chi connectivity index (χ3v) is 9.30. The number of anilines is 1. The van der Waals surface area contributed by atoms with Crippen molar-refractivity contribution in [1.29, 1.82) is 0 Å². The number of carbonyl (C=O) groups excluding carboxylic acids is 3. The lowest BCUT2D eigenvalue weighted by Crippen LogP contribution is -2.36. The number of nitrogens with zero attached hydrogens (tertiary/aromatic N) is 1. The maximum absolute atomic E-state index is 13.5. The summed E-state index contributed by atoms with van der Waals surface area (Å²) >= 11 is 6.13. The average Bonchev–Trinajstić information content (AvgIpc) is 3.46. The second kappa shape index (κ2) is 14.4. The number of benzene rings is 3. The number of halogens is 1. The molecule has 2 fully saturated rings. The Morgan fingerprint density at radius 1 is 1.00 bits per heavy atom. The number of hydrogen-bond donors (Lipinski definition) is 2. The summed E-state index contributed by atoms with van der Waals surface area (Å²) in [4.78, 5) is 52.2. The quantitative estimate of drug-likeness (QED) is 0.187. The van der Waals surface area contributed by atoms with Crippen molar-refractivity contribution >= 4 is 46.0 Å². The van der Waals surface area contributed by atoms with Crippen LogP contribution in [-0.4, -0.2) is 35.2 Å². The Hall–Kier alpha value is -4.69. The van der Waals surface area contributed by atoms with Crippen LogP contribution in [0.5, 0.6) is 0 Å². The first-order chi connectivity index (χ1) is 22.7. The first-order valence-electron chi connectivity index (χ1n) is 16.2. The van der Waals surface area contributed by atoms with Crippen LogP contribution in [0.3, 0.4) is 0 Å². The minimum atomic E-state index is -0.482. The second-order valence-electron chi connectivity index (χ2n) is 12.5. The van der Waals surface area contributed by atoms with Crippen LogP contribution >= 0.6 is 11.6 Å². The summed E-state index contributed by atoms with van der Waals surface area (Å²) in [6.45, 7) is 2.89. The van der Waals surface area contributed by atoms with Crippen LogP contribution in [0, 0.1) is 0 Å². The van der Waals surface area contributed by atoms with Gasteiger partial charge in [0.15, 0.2) is 11.2 Å². The number of amides is 3. The van der Waals surface area contributed by atoms with E-state index in [-0.39, 0.29) is 40.0 Å². The summed E-state index contributed by atoms with van der Waals surface area (Å²) in [6, 6.07) is 21.6. The van der Waals surface area contributed by atoms with Crippen LogP contribution in [0.2, 0.25) is 5.02 Å². The first-order valence-corrected chi connectivity index (χ1v) is 16.6. The third kappa shape index (κ3) is 8.00. The Labute approximate surface area is 278 Å². The number of hydrogen-bond acceptors (Lipinski definition) is 5. The predicted molar refractivity (Wildman–Crippen MR) is 184 cm³/mol. The van der Waals surface area contributed by atoms with Gasteiger partial charge in [-0.05, 0) is 91.5 Å². The van der Waals surface area contributed by atoms with Crippen molar-refractivity contribution in [1.82, 2.24) is 10.2 Å². The zero-order valence-corrected chi connectivity index (χ0v) is 27.1. The van der Waals surface area contributed by atoms with Crippen molar-refractivity contribution in [2.24, 2.45) is 0 Å². The number of carbonyl (C=O) groups is 3. The van der Waals surface area contributed by atoms with Crippen molar-refractivity contribution in [3.63, 3.8) is 0 Å². The smallest absolute Gasteiger partial charge is 0.287 e. The predicted octanol–water partition coefficient (Wildman–Crippen LogP) is 7.15. The van der Waals surface area contributed by atoms with E-state index < -0.39 is 5.91 Å². The van der Waals surface area contributed by atoms with E-state index in [9.17, 15) is 19.2 Å². The van der Waals surface area contributed by atoms with Gasteiger partial charge in [-0.1, -0.05) is 59.6 Å². The van der Waals surface area contributed by atoms with Crippen molar-refractivity contribution in [2.75, 3.05) is 11.9 Å². The highest BCUT2D eigenvalue weighted by Crippen LogP contribution is 2.37. The summed E-state index contributed by atoms with van der Waals surface area (Å²) in [7, 11) is 0. The lowest BCUT2D eigenvalue weighted by molar-refractivity contribution is -0.128. The maximum atomic E-state index is 13.5. The minimum Gasteiger partial charge on any atom is -0.451 e. The Balaban J connectivity index is 1.19. The molecule has 1 aliphatic carbocycles. The third-order valence-electron chi connectivity index (χ3n) is 9.05. The van der Waals surface area contributed by atoms with Crippen LogP contribution in [0.4, 0.5) is 5.69 Å². The van der Waals surface area contributed by atoms with Crippen molar-refractivity contribution in [3.8, 4) is 0 Å². The molecule has 1 atom stereocenters. The van der Waals surface area contributed by atoms with Gasteiger partial charge in [0.25, 0.3) is 5.91 Å². The van der Waals surface area contributed by atoms with E-state index in [0.29, 0.717) is 36.0 Å². The Morgan fingerprint density at radius 2 is 1.77 bits per heavy atom. The van der Waals surface area contributed by atoms with Gasteiger partial charge in [0.1, 0.15) is 5.58 Å². The summed E-state index contributed by atoms with van der Waals surface area (Å²) in [6.07, 6.45) is 8.03. The fourth-order valence-corrected chi connectivity index (χ4v) is 6.84. The average molecular weight is 652 g/mol. The molecular weight excluding hydrogens is 614 g/mol. The van der Waals surface area contributed by atoms with Gasteiger partial charge in [-0.25, -0.2) is 0 Å². The van der Waals surface area contributed by atoms with Gasteiger partial charge >= 0.3 is 0 Å². The Bertz CT molecular complexity index is 1890. The zero-order chi connectivity index (χ0) is 32.9. The monoisotopic (exact) mass is 651 g/mol. The highest BCUT2D eigenvalue weighted by molar-refractivity contribution is 6.30. The van der Waals surface area contributed by atoms with Crippen molar-refractivity contribution in [2.45, 2.75) is 70.4 Å². The molecule has 2 aliphatic rings. The highest BCUT2D eigenvalue weighted by Gasteiger charge is 2.25. The van der Waals surface area contributed by atoms with Crippen LogP contribution < -0.4 is 16.1 Å². The molecule has 1 saturated heterocycles. The fraction of sp³-hybridized carbons (Fsp3) is 0.316. The van der Waals surface area contributed by atoms with Crippen LogP contribution in [0.1, 0.15) is 78.6 Å². The topological polar surface area (TPSA) is 109 Å². The van der Waals surface area contributed by atoms with Crippen LogP contribution in [0.25, 0.3) is 11.0 Å². The van der Waals surface area contributed by atoms with Gasteiger partial charge in [-0.15, -0.1) is 0 Å². The van der Waals surface area contributed by atoms with E-state index in [1.54, 1.807) is 18.2 Å². The van der Waals surface area contributed by atoms with Gasteiger partial charge in [0.2, 0.25) is 11.8 Å². The van der Waals surface area contributed by atoms with Gasteiger partial charge in [-0.2, -0.15) is 0 Å². The molecule has 1 aliphatic heterocycles. The van der Waals surface area contributed by atoms with E-state index in [2.05, 4.69) is 41.0 Å². The lowest BCUT2D eigenvalue weighted by atomic mass is 9.79. The standard InChI is InChI=1S/C38H38ClN3O5/c1-24(43)40-30-16-17-35-33(21-30)34(44)22-36(47-35)38(46)41-31(20-26-10-14-29(39)15-11-26)19-25-8-12-27(13-9-25)32-6-3-2-5-28(32)23-42-18-4-7-37(42)45/h2-3,5-6,10-11,14-17,19,21-22,27,31H,4,7-9,12-13,18,20,23H2,1H3,(H,40,43)(H,41,46)/t27?,31-/m0/s1. The number of likely N-dealkylation sites (tertiary alicyclic amines) is 1. The van der Waals surface area contributed by atoms with Gasteiger partial charge in [0.05, 0.1) is 11.4 Å². The number of nitrogens with one attached hydrogen (secondary N) is 2. The molecule has 2 heterocycles. The summed E-state index contributed by atoms with van der Waals surface area (Å²) in [5.74, 6) is -0.167. The maximum Gasteiger partial charge on any atom is 0.287 e.